The number of hydrogen-bond donors (Lipinski definition) is 1. The number of nitrogens with one attached hydrogen (secondary N) is 1. The average Bonchev–Trinajstić information content (AvgIpc) is 3.46. The zero-order chi connectivity index (χ0) is 18.9. The number of nitrogens with zero attached hydrogens (tertiary/aromatic N) is 2. The van der Waals surface area contributed by atoms with Crippen molar-refractivity contribution in [2.75, 3.05) is 13.1 Å². The molecule has 0 spiro atoms. The zero-order valence-corrected chi connectivity index (χ0v) is 17.5. The van der Waals surface area contributed by atoms with E-state index in [4.69, 9.17) is 0 Å². The van der Waals surface area contributed by atoms with Crippen molar-refractivity contribution in [3.05, 3.63) is 44.9 Å². The predicted molar refractivity (Wildman–Crippen MR) is 109 cm³/mol. The molecule has 0 radical (unpaired) electrons. The van der Waals surface area contributed by atoms with E-state index in [1.807, 2.05) is 16.8 Å². The van der Waals surface area contributed by atoms with Gasteiger partial charge in [-0.25, -0.2) is 13.4 Å². The van der Waals surface area contributed by atoms with Crippen LogP contribution in [0.5, 0.6) is 0 Å². The molecule has 0 saturated carbocycles. The Hall–Kier alpha value is -1.59. The van der Waals surface area contributed by atoms with Crippen LogP contribution < -0.4 is 5.32 Å². The highest BCUT2D eigenvalue weighted by atomic mass is 32.2. The van der Waals surface area contributed by atoms with E-state index >= 15 is 0 Å². The van der Waals surface area contributed by atoms with Gasteiger partial charge in [-0.05, 0) is 36.4 Å². The van der Waals surface area contributed by atoms with Crippen LogP contribution in [0.2, 0.25) is 0 Å². The lowest BCUT2D eigenvalue weighted by molar-refractivity contribution is 0.0947. The molecular weight excluding hydrogens is 422 g/mol. The van der Waals surface area contributed by atoms with Crippen LogP contribution in [0.4, 0.5) is 0 Å². The van der Waals surface area contributed by atoms with Gasteiger partial charge in [0.25, 0.3) is 15.9 Å². The second kappa shape index (κ2) is 7.80. The van der Waals surface area contributed by atoms with Gasteiger partial charge in [0.1, 0.15) is 14.9 Å². The number of thiophene rings is 2. The largest absolute Gasteiger partial charge is 0.346 e. The summed E-state index contributed by atoms with van der Waals surface area (Å²) in [4.78, 5) is 17.5. The van der Waals surface area contributed by atoms with E-state index in [2.05, 4.69) is 10.3 Å². The number of hydrogen-bond acceptors (Lipinski definition) is 7. The smallest absolute Gasteiger partial charge is 0.271 e. The van der Waals surface area contributed by atoms with Crippen LogP contribution in [0, 0.1) is 0 Å². The van der Waals surface area contributed by atoms with Gasteiger partial charge in [-0.1, -0.05) is 0 Å². The van der Waals surface area contributed by atoms with Gasteiger partial charge in [0.2, 0.25) is 0 Å². The monoisotopic (exact) mass is 439 g/mol. The highest BCUT2D eigenvalue weighted by molar-refractivity contribution is 7.91. The number of amides is 1. The highest BCUT2D eigenvalue weighted by Gasteiger charge is 2.28. The van der Waals surface area contributed by atoms with E-state index in [1.165, 1.54) is 27.0 Å². The summed E-state index contributed by atoms with van der Waals surface area (Å²) < 4.78 is 27.0. The SMILES string of the molecule is O=C(NCc1ccc(S(=O)(=O)N2CCCC2)s1)c1csc(-c2ccsc2)n1. The maximum Gasteiger partial charge on any atom is 0.271 e. The van der Waals surface area contributed by atoms with E-state index < -0.39 is 10.0 Å². The second-order valence-corrected chi connectivity index (χ2v) is 11.0. The van der Waals surface area contributed by atoms with Crippen molar-refractivity contribution < 1.29 is 13.2 Å². The Morgan fingerprint density at radius 1 is 1.19 bits per heavy atom. The second-order valence-electron chi connectivity index (χ2n) is 6.06. The molecule has 10 heteroatoms. The minimum Gasteiger partial charge on any atom is -0.346 e. The van der Waals surface area contributed by atoms with Gasteiger partial charge in [0.05, 0.1) is 6.54 Å². The molecule has 1 saturated heterocycles. The number of aromatic nitrogens is 1. The molecule has 3 aromatic rings. The summed E-state index contributed by atoms with van der Waals surface area (Å²) in [5, 5.41) is 9.34. The summed E-state index contributed by atoms with van der Waals surface area (Å²) in [5.74, 6) is -0.259. The fraction of sp³-hybridized carbons (Fsp3) is 0.294. The van der Waals surface area contributed by atoms with Crippen LogP contribution in [-0.2, 0) is 16.6 Å². The standard InChI is InChI=1S/C17H17N3O3S4/c21-16(14-11-25-17(19-14)12-5-8-24-10-12)18-9-13-3-4-15(26-13)27(22,23)20-6-1-2-7-20/h3-5,8,10-11H,1-2,6-7,9H2,(H,18,21). The van der Waals surface area contributed by atoms with Crippen molar-refractivity contribution in [1.29, 1.82) is 0 Å². The van der Waals surface area contributed by atoms with Crippen LogP contribution in [0.3, 0.4) is 0 Å². The number of carbonyl (C=O) groups is 1. The number of sulfonamides is 1. The Morgan fingerprint density at radius 3 is 2.74 bits per heavy atom. The Morgan fingerprint density at radius 2 is 2.00 bits per heavy atom. The van der Waals surface area contributed by atoms with E-state index in [0.717, 1.165) is 28.3 Å². The molecule has 0 atom stereocenters. The first-order valence-corrected chi connectivity index (χ1v) is 12.5. The van der Waals surface area contributed by atoms with Crippen LogP contribution in [0.1, 0.15) is 28.2 Å². The third-order valence-corrected chi connectivity index (χ3v) is 9.25. The Balaban J connectivity index is 1.39. The average molecular weight is 440 g/mol. The highest BCUT2D eigenvalue weighted by Crippen LogP contribution is 2.28. The van der Waals surface area contributed by atoms with Crippen LogP contribution >= 0.6 is 34.0 Å². The summed E-state index contributed by atoms with van der Waals surface area (Å²) in [6.07, 6.45) is 1.82. The fourth-order valence-corrected chi connectivity index (χ4v) is 7.28. The van der Waals surface area contributed by atoms with Crippen molar-refractivity contribution in [3.8, 4) is 10.6 Å². The molecule has 1 aliphatic rings. The molecule has 0 unspecified atom stereocenters. The summed E-state index contributed by atoms with van der Waals surface area (Å²) in [6.45, 7) is 1.45. The van der Waals surface area contributed by atoms with Gasteiger partial charge in [-0.2, -0.15) is 15.6 Å². The quantitative estimate of drug-likeness (QED) is 0.636. The first-order chi connectivity index (χ1) is 13.0. The van der Waals surface area contributed by atoms with Crippen LogP contribution in [0.25, 0.3) is 10.6 Å². The third kappa shape index (κ3) is 3.99. The molecule has 142 valence electrons. The number of carbonyl (C=O) groups excluding carboxylic acids is 1. The minimum atomic E-state index is -3.40. The molecule has 27 heavy (non-hydrogen) atoms. The van der Waals surface area contributed by atoms with Crippen molar-refractivity contribution in [2.24, 2.45) is 0 Å². The molecule has 6 nitrogen and oxygen atoms in total. The van der Waals surface area contributed by atoms with Gasteiger partial charge in [-0.3, -0.25) is 4.79 Å². The van der Waals surface area contributed by atoms with E-state index in [0.29, 0.717) is 23.0 Å². The van der Waals surface area contributed by atoms with Crippen molar-refractivity contribution in [1.82, 2.24) is 14.6 Å². The lowest BCUT2D eigenvalue weighted by Crippen LogP contribution is -2.27. The molecule has 3 aromatic heterocycles. The van der Waals surface area contributed by atoms with Crippen molar-refractivity contribution in [3.63, 3.8) is 0 Å². The predicted octanol–water partition coefficient (Wildman–Crippen LogP) is 3.65. The van der Waals surface area contributed by atoms with Crippen LogP contribution in [-0.4, -0.2) is 36.7 Å². The molecule has 4 heterocycles. The van der Waals surface area contributed by atoms with Gasteiger partial charge in [0.15, 0.2) is 0 Å². The van der Waals surface area contributed by atoms with E-state index in [1.54, 1.807) is 28.8 Å². The number of rotatable bonds is 6. The van der Waals surface area contributed by atoms with Gasteiger partial charge in [-0.15, -0.1) is 22.7 Å². The molecule has 0 bridgehead atoms. The first kappa shape index (κ1) is 18.8. The lowest BCUT2D eigenvalue weighted by Gasteiger charge is -2.13. The molecule has 1 fully saturated rings. The van der Waals surface area contributed by atoms with E-state index in [9.17, 15) is 13.2 Å². The molecule has 4 rings (SSSR count). The molecule has 0 aromatic carbocycles. The zero-order valence-electron chi connectivity index (χ0n) is 14.3. The van der Waals surface area contributed by atoms with Gasteiger partial charge in [0, 0.05) is 34.3 Å². The molecular formula is C17H17N3O3S4. The molecule has 1 N–H and O–H groups in total. The maximum atomic E-state index is 12.6. The van der Waals surface area contributed by atoms with E-state index in [-0.39, 0.29) is 12.5 Å². The Kier molecular flexibility index (Phi) is 5.42. The van der Waals surface area contributed by atoms with Gasteiger partial charge < -0.3 is 5.32 Å². The Bertz CT molecular complexity index is 1030. The minimum absolute atomic E-state index is 0.259. The fourth-order valence-electron chi connectivity index (χ4n) is 2.80. The molecule has 1 aliphatic heterocycles. The first-order valence-electron chi connectivity index (χ1n) is 8.39. The number of thiazole rings is 1. The normalized spacial score (nSPS) is 15.3. The van der Waals surface area contributed by atoms with Crippen molar-refractivity contribution in [2.45, 2.75) is 23.6 Å². The summed E-state index contributed by atoms with van der Waals surface area (Å²) >= 11 is 4.23. The van der Waals surface area contributed by atoms with Crippen molar-refractivity contribution >= 4 is 49.9 Å². The maximum absolute atomic E-state index is 12.6. The summed E-state index contributed by atoms with van der Waals surface area (Å²) in [6, 6.07) is 5.35. The third-order valence-electron chi connectivity index (χ3n) is 4.22. The van der Waals surface area contributed by atoms with Gasteiger partial charge >= 0.3 is 0 Å². The summed E-state index contributed by atoms with van der Waals surface area (Å²) in [5.41, 5.74) is 1.39. The lowest BCUT2D eigenvalue weighted by atomic mass is 10.3. The topological polar surface area (TPSA) is 79.4 Å². The molecule has 0 aliphatic carbocycles. The summed E-state index contributed by atoms with van der Waals surface area (Å²) in [7, 11) is -3.40. The molecule has 1 amide bonds. The Labute approximate surface area is 169 Å². The van der Waals surface area contributed by atoms with Crippen LogP contribution in [0.15, 0.2) is 38.5 Å².